The summed E-state index contributed by atoms with van der Waals surface area (Å²) in [6.07, 6.45) is 0.748. The molecule has 6 nitrogen and oxygen atoms in total. The summed E-state index contributed by atoms with van der Waals surface area (Å²) in [5.74, 6) is 1.45. The summed E-state index contributed by atoms with van der Waals surface area (Å²) in [4.78, 5) is 9.36. The molecular formula is C24H28N4O2. The van der Waals surface area contributed by atoms with Crippen molar-refractivity contribution in [3.8, 4) is 0 Å². The van der Waals surface area contributed by atoms with Crippen molar-refractivity contribution in [1.29, 1.82) is 0 Å². The van der Waals surface area contributed by atoms with Gasteiger partial charge in [-0.15, -0.1) is 0 Å². The lowest BCUT2D eigenvalue weighted by molar-refractivity contribution is 0.0476. The highest BCUT2D eigenvalue weighted by atomic mass is 16.5. The van der Waals surface area contributed by atoms with Crippen LogP contribution in [0.4, 0.5) is 5.82 Å². The molecule has 6 heteroatoms. The Balaban J connectivity index is 0.00000106. The van der Waals surface area contributed by atoms with E-state index in [4.69, 9.17) is 20.2 Å². The fraction of sp³-hybridized carbons (Fsp3) is 0.333. The van der Waals surface area contributed by atoms with Crippen molar-refractivity contribution >= 4 is 27.8 Å². The number of hydrogen-bond donors (Lipinski definition) is 1. The zero-order valence-electron chi connectivity index (χ0n) is 17.5. The predicted molar refractivity (Wildman–Crippen MR) is 120 cm³/mol. The minimum atomic E-state index is 0.0384. The highest BCUT2D eigenvalue weighted by molar-refractivity contribution is 6.06. The second kappa shape index (κ2) is 9.24. The Bertz CT molecular complexity index is 1120. The van der Waals surface area contributed by atoms with Crippen molar-refractivity contribution in [2.75, 3.05) is 25.6 Å². The first-order valence-corrected chi connectivity index (χ1v) is 10.6. The maximum absolute atomic E-state index is 6.25. The lowest BCUT2D eigenvalue weighted by atomic mass is 10.1. The number of benzene rings is 2. The van der Waals surface area contributed by atoms with Crippen molar-refractivity contribution in [3.63, 3.8) is 0 Å². The number of hydrogen-bond acceptors (Lipinski definition) is 5. The van der Waals surface area contributed by atoms with E-state index in [-0.39, 0.29) is 6.04 Å². The van der Waals surface area contributed by atoms with Gasteiger partial charge in [0.05, 0.1) is 43.5 Å². The third kappa shape index (κ3) is 3.88. The lowest BCUT2D eigenvalue weighted by Gasteiger charge is -2.20. The summed E-state index contributed by atoms with van der Waals surface area (Å²) < 4.78 is 14.2. The van der Waals surface area contributed by atoms with Crippen LogP contribution in [0.15, 0.2) is 54.6 Å². The van der Waals surface area contributed by atoms with Crippen LogP contribution in [0.5, 0.6) is 0 Å². The maximum Gasteiger partial charge on any atom is 0.152 e. The molecule has 4 aromatic rings. The minimum Gasteiger partial charge on any atom is -0.382 e. The number of fused-ring (bicyclic) bond motifs is 5. The molecule has 0 amide bonds. The smallest absolute Gasteiger partial charge is 0.152 e. The van der Waals surface area contributed by atoms with Crippen LogP contribution in [0.3, 0.4) is 0 Å². The molecule has 0 aliphatic carbocycles. The van der Waals surface area contributed by atoms with Crippen molar-refractivity contribution in [2.24, 2.45) is 0 Å². The molecule has 156 valence electrons. The summed E-state index contributed by atoms with van der Waals surface area (Å²) in [7, 11) is 0. The summed E-state index contributed by atoms with van der Waals surface area (Å²) in [6.45, 7) is 6.35. The van der Waals surface area contributed by atoms with Gasteiger partial charge in [0, 0.05) is 11.8 Å². The van der Waals surface area contributed by atoms with Gasteiger partial charge in [0.15, 0.2) is 5.82 Å². The van der Waals surface area contributed by atoms with Crippen LogP contribution in [0, 0.1) is 0 Å². The molecule has 2 aromatic heterocycles. The van der Waals surface area contributed by atoms with Gasteiger partial charge in [0.25, 0.3) is 0 Å². The number of aromatic nitrogens is 3. The van der Waals surface area contributed by atoms with Crippen LogP contribution in [0.1, 0.15) is 31.3 Å². The highest BCUT2D eigenvalue weighted by Crippen LogP contribution is 2.32. The first-order valence-electron chi connectivity index (χ1n) is 10.6. The van der Waals surface area contributed by atoms with Crippen LogP contribution in [-0.4, -0.2) is 34.4 Å². The van der Waals surface area contributed by atoms with Crippen LogP contribution < -0.4 is 5.73 Å². The van der Waals surface area contributed by atoms with Gasteiger partial charge in [0.1, 0.15) is 11.3 Å². The SMILES string of the molecule is CC.Nc1nc2ccccc2c2c1nc1n2[C@@H](COCc2ccccc2)COCC1. The van der Waals surface area contributed by atoms with Crippen LogP contribution in [0.2, 0.25) is 0 Å². The van der Waals surface area contributed by atoms with Gasteiger partial charge in [-0.3, -0.25) is 0 Å². The predicted octanol–water partition coefficient (Wildman–Crippen LogP) is 4.52. The largest absolute Gasteiger partial charge is 0.382 e. The number of para-hydroxylation sites is 1. The van der Waals surface area contributed by atoms with Gasteiger partial charge in [-0.25, -0.2) is 9.97 Å². The standard InChI is InChI=1S/C22H22N4O2.C2H6/c23-22-20-21(17-8-4-5-9-18(17)24-22)26-16(13-27-11-10-19(26)25-20)14-28-12-15-6-2-1-3-7-15;1-2/h1-9,16H,10-14H2,(H2,23,24);1-2H3/t16-;/m1./s1. The number of nitrogens with zero attached hydrogens (tertiary/aromatic N) is 3. The van der Waals surface area contributed by atoms with Gasteiger partial charge in [0.2, 0.25) is 0 Å². The summed E-state index contributed by atoms with van der Waals surface area (Å²) in [6, 6.07) is 18.3. The molecule has 1 atom stereocenters. The third-order valence-electron chi connectivity index (χ3n) is 5.19. The van der Waals surface area contributed by atoms with E-state index in [0.29, 0.717) is 32.2 Å². The fourth-order valence-electron chi connectivity index (χ4n) is 3.91. The molecule has 0 radical (unpaired) electrons. The monoisotopic (exact) mass is 404 g/mol. The van der Waals surface area contributed by atoms with Gasteiger partial charge in [-0.1, -0.05) is 62.4 Å². The topological polar surface area (TPSA) is 75.2 Å². The number of nitrogen functional groups attached to an aromatic ring is 1. The zero-order chi connectivity index (χ0) is 20.9. The van der Waals surface area contributed by atoms with Gasteiger partial charge >= 0.3 is 0 Å². The Hall–Kier alpha value is -2.96. The molecule has 30 heavy (non-hydrogen) atoms. The van der Waals surface area contributed by atoms with Crippen LogP contribution in [0.25, 0.3) is 21.9 Å². The summed E-state index contributed by atoms with van der Waals surface area (Å²) in [5.41, 5.74) is 10.1. The van der Waals surface area contributed by atoms with Gasteiger partial charge in [-0.2, -0.15) is 0 Å². The van der Waals surface area contributed by atoms with Crippen molar-refractivity contribution in [3.05, 3.63) is 66.0 Å². The number of imidazole rings is 1. The third-order valence-corrected chi connectivity index (χ3v) is 5.19. The second-order valence-corrected chi connectivity index (χ2v) is 7.09. The molecule has 0 bridgehead atoms. The Labute approximate surface area is 176 Å². The molecule has 0 saturated heterocycles. The second-order valence-electron chi connectivity index (χ2n) is 7.09. The minimum absolute atomic E-state index is 0.0384. The molecule has 2 N–H and O–H groups in total. The van der Waals surface area contributed by atoms with E-state index in [2.05, 4.69) is 27.8 Å². The van der Waals surface area contributed by atoms with Crippen LogP contribution in [-0.2, 0) is 22.5 Å². The highest BCUT2D eigenvalue weighted by Gasteiger charge is 2.25. The van der Waals surface area contributed by atoms with Crippen molar-refractivity contribution < 1.29 is 9.47 Å². The Morgan fingerprint density at radius 2 is 1.83 bits per heavy atom. The molecule has 1 aliphatic heterocycles. The summed E-state index contributed by atoms with van der Waals surface area (Å²) in [5, 5.41) is 1.06. The molecule has 0 saturated carbocycles. The Kier molecular flexibility index (Phi) is 6.26. The molecule has 3 heterocycles. The van der Waals surface area contributed by atoms with Crippen LogP contribution >= 0.6 is 0 Å². The molecule has 0 fully saturated rings. The number of ether oxygens (including phenoxy) is 2. The van der Waals surface area contributed by atoms with E-state index in [1.165, 1.54) is 0 Å². The van der Waals surface area contributed by atoms with E-state index >= 15 is 0 Å². The zero-order valence-corrected chi connectivity index (χ0v) is 17.5. The Morgan fingerprint density at radius 3 is 2.67 bits per heavy atom. The number of rotatable bonds is 4. The Morgan fingerprint density at radius 1 is 1.07 bits per heavy atom. The molecular weight excluding hydrogens is 376 g/mol. The van der Waals surface area contributed by atoms with Crippen molar-refractivity contribution in [2.45, 2.75) is 32.9 Å². The summed E-state index contributed by atoms with van der Waals surface area (Å²) >= 11 is 0. The average Bonchev–Trinajstić information content (AvgIpc) is 3.07. The van der Waals surface area contributed by atoms with Crippen molar-refractivity contribution in [1.82, 2.24) is 14.5 Å². The van der Waals surface area contributed by atoms with Gasteiger partial charge in [-0.05, 0) is 11.6 Å². The average molecular weight is 405 g/mol. The van der Waals surface area contributed by atoms with E-state index in [1.807, 2.05) is 50.2 Å². The number of nitrogens with two attached hydrogens (primary N) is 1. The van der Waals surface area contributed by atoms with E-state index in [9.17, 15) is 0 Å². The molecule has 1 aliphatic rings. The first kappa shape index (κ1) is 20.3. The molecule has 5 rings (SSSR count). The lowest BCUT2D eigenvalue weighted by Crippen LogP contribution is -2.20. The van der Waals surface area contributed by atoms with Gasteiger partial charge < -0.3 is 19.8 Å². The fourth-order valence-corrected chi connectivity index (χ4v) is 3.91. The normalized spacial score (nSPS) is 16.0. The molecule has 2 aromatic carbocycles. The molecule has 0 spiro atoms. The number of anilines is 1. The maximum atomic E-state index is 6.25. The van der Waals surface area contributed by atoms with E-state index in [0.717, 1.165) is 39.7 Å². The number of pyridine rings is 1. The molecule has 0 unspecified atom stereocenters. The van der Waals surface area contributed by atoms with E-state index in [1.54, 1.807) is 0 Å². The quantitative estimate of drug-likeness (QED) is 0.541. The van der Waals surface area contributed by atoms with E-state index < -0.39 is 0 Å². The first-order chi connectivity index (χ1) is 14.8.